The van der Waals surface area contributed by atoms with Crippen LogP contribution in [0.5, 0.6) is 11.5 Å². The first-order chi connectivity index (χ1) is 17.9. The Kier molecular flexibility index (Phi) is 6.74. The predicted molar refractivity (Wildman–Crippen MR) is 143 cm³/mol. The maximum atomic E-state index is 13.4. The Morgan fingerprint density at radius 1 is 1.03 bits per heavy atom. The molecular formula is C27H29N7O3. The summed E-state index contributed by atoms with van der Waals surface area (Å²) < 4.78 is 7.62. The molecule has 0 spiro atoms. The number of ether oxygens (including phenoxy) is 1. The van der Waals surface area contributed by atoms with E-state index in [2.05, 4.69) is 32.2 Å². The molecule has 5 rings (SSSR count). The molecule has 0 atom stereocenters. The smallest absolute Gasteiger partial charge is 0.333 e. The summed E-state index contributed by atoms with van der Waals surface area (Å²) in [5, 5.41) is 8.36. The number of hydrogen-bond acceptors (Lipinski definition) is 7. The van der Waals surface area contributed by atoms with Crippen LogP contribution in [0, 0.1) is 6.92 Å². The number of pyridine rings is 1. The number of imide groups is 1. The minimum atomic E-state index is -0.593. The Bertz CT molecular complexity index is 1430. The SMILES string of the molecule is Cc1nn(C)c2ncc(NC(=O)N(C=O)c3cccc(Oc4ccccc4)c3)c(N3CCN(C)CC3)c12. The van der Waals surface area contributed by atoms with Gasteiger partial charge in [-0.05, 0) is 38.2 Å². The zero-order valence-corrected chi connectivity index (χ0v) is 21.1. The second-order valence-electron chi connectivity index (χ2n) is 9.04. The highest BCUT2D eigenvalue weighted by Crippen LogP contribution is 2.36. The van der Waals surface area contributed by atoms with E-state index in [-0.39, 0.29) is 0 Å². The van der Waals surface area contributed by atoms with Gasteiger partial charge in [-0.2, -0.15) is 5.10 Å². The summed E-state index contributed by atoms with van der Waals surface area (Å²) in [7, 11) is 3.95. The number of fused-ring (bicyclic) bond motifs is 1. The van der Waals surface area contributed by atoms with E-state index in [1.807, 2.05) is 44.3 Å². The fourth-order valence-corrected chi connectivity index (χ4v) is 4.57. The predicted octanol–water partition coefficient (Wildman–Crippen LogP) is 4.02. The van der Waals surface area contributed by atoms with Crippen LogP contribution in [0.15, 0.2) is 60.8 Å². The van der Waals surface area contributed by atoms with Gasteiger partial charge in [-0.1, -0.05) is 24.3 Å². The maximum absolute atomic E-state index is 13.4. The first-order valence-corrected chi connectivity index (χ1v) is 12.1. The molecule has 10 heteroatoms. The molecule has 2 aromatic heterocycles. The van der Waals surface area contributed by atoms with Crippen molar-refractivity contribution in [3.05, 3.63) is 66.5 Å². The van der Waals surface area contributed by atoms with Crippen LogP contribution >= 0.6 is 0 Å². The van der Waals surface area contributed by atoms with Crippen LogP contribution in [0.1, 0.15) is 5.69 Å². The van der Waals surface area contributed by atoms with E-state index in [0.29, 0.717) is 29.3 Å². The van der Waals surface area contributed by atoms with E-state index in [4.69, 9.17) is 4.74 Å². The molecule has 1 saturated heterocycles. The van der Waals surface area contributed by atoms with Gasteiger partial charge in [0.05, 0.1) is 34.3 Å². The third-order valence-electron chi connectivity index (χ3n) is 6.46. The summed E-state index contributed by atoms with van der Waals surface area (Å²) >= 11 is 0. The Labute approximate surface area is 215 Å². The molecule has 3 amide bonds. The van der Waals surface area contributed by atoms with E-state index in [1.165, 1.54) is 0 Å². The summed E-state index contributed by atoms with van der Waals surface area (Å²) in [5.74, 6) is 1.17. The second-order valence-corrected chi connectivity index (χ2v) is 9.04. The van der Waals surface area contributed by atoms with Gasteiger partial charge >= 0.3 is 6.03 Å². The van der Waals surface area contributed by atoms with Crippen molar-refractivity contribution in [2.24, 2.45) is 7.05 Å². The van der Waals surface area contributed by atoms with Gasteiger partial charge in [0.1, 0.15) is 11.5 Å². The number of urea groups is 1. The second kappa shape index (κ2) is 10.3. The first kappa shape index (κ1) is 24.3. The number of piperazine rings is 1. The number of benzene rings is 2. The van der Waals surface area contributed by atoms with Crippen LogP contribution in [0.2, 0.25) is 0 Å². The molecule has 3 heterocycles. The number of anilines is 3. The van der Waals surface area contributed by atoms with Crippen molar-refractivity contribution in [2.45, 2.75) is 6.92 Å². The Balaban J connectivity index is 1.45. The third-order valence-corrected chi connectivity index (χ3v) is 6.46. The zero-order valence-electron chi connectivity index (χ0n) is 21.1. The lowest BCUT2D eigenvalue weighted by atomic mass is 10.1. The number of carbonyl (C=O) groups excluding carboxylic acids is 2. The number of amides is 3. The monoisotopic (exact) mass is 499 g/mol. The molecule has 1 N–H and O–H groups in total. The van der Waals surface area contributed by atoms with E-state index in [0.717, 1.165) is 53.5 Å². The van der Waals surface area contributed by atoms with E-state index in [1.54, 1.807) is 35.1 Å². The number of hydrogen-bond donors (Lipinski definition) is 1. The van der Waals surface area contributed by atoms with Crippen LogP contribution in [0.3, 0.4) is 0 Å². The van der Waals surface area contributed by atoms with E-state index < -0.39 is 6.03 Å². The van der Waals surface area contributed by atoms with Gasteiger partial charge in [0.2, 0.25) is 6.41 Å². The van der Waals surface area contributed by atoms with E-state index >= 15 is 0 Å². The maximum Gasteiger partial charge on any atom is 0.333 e. The number of para-hydroxylation sites is 1. The highest BCUT2D eigenvalue weighted by molar-refractivity contribution is 6.14. The number of likely N-dealkylation sites (N-methyl/N-ethyl adjacent to an activating group) is 1. The van der Waals surface area contributed by atoms with E-state index in [9.17, 15) is 9.59 Å². The Hall–Kier alpha value is -4.44. The molecule has 190 valence electrons. The molecule has 1 aliphatic heterocycles. The summed E-state index contributed by atoms with van der Waals surface area (Å²) in [6.07, 6.45) is 2.13. The van der Waals surface area contributed by atoms with Crippen LogP contribution in [0.4, 0.5) is 21.9 Å². The fourth-order valence-electron chi connectivity index (χ4n) is 4.57. The minimum absolute atomic E-state index is 0.383. The Morgan fingerprint density at radius 2 is 1.76 bits per heavy atom. The van der Waals surface area contributed by atoms with Crippen LogP contribution < -0.4 is 19.9 Å². The van der Waals surface area contributed by atoms with Gasteiger partial charge in [0.15, 0.2) is 5.65 Å². The fraction of sp³-hybridized carbons (Fsp3) is 0.259. The first-order valence-electron chi connectivity index (χ1n) is 12.1. The van der Waals surface area contributed by atoms with Gasteiger partial charge in [-0.25, -0.2) is 14.7 Å². The van der Waals surface area contributed by atoms with Crippen LogP contribution in [0.25, 0.3) is 11.0 Å². The molecule has 0 bridgehead atoms. The molecule has 0 radical (unpaired) electrons. The zero-order chi connectivity index (χ0) is 25.9. The van der Waals surface area contributed by atoms with Gasteiger partial charge in [-0.15, -0.1) is 0 Å². The molecular weight excluding hydrogens is 470 g/mol. The molecule has 0 saturated carbocycles. The average Bonchev–Trinajstić information content (AvgIpc) is 3.19. The molecule has 0 aliphatic carbocycles. The number of aromatic nitrogens is 3. The van der Waals surface area contributed by atoms with Crippen molar-refractivity contribution in [1.82, 2.24) is 19.7 Å². The number of nitrogens with one attached hydrogen (secondary N) is 1. The lowest BCUT2D eigenvalue weighted by Crippen LogP contribution is -2.45. The number of aryl methyl sites for hydroxylation is 2. The highest BCUT2D eigenvalue weighted by Gasteiger charge is 2.25. The van der Waals surface area contributed by atoms with Gasteiger partial charge in [-0.3, -0.25) is 9.48 Å². The van der Waals surface area contributed by atoms with Crippen molar-refractivity contribution in [1.29, 1.82) is 0 Å². The van der Waals surface area contributed by atoms with Crippen molar-refractivity contribution in [3.63, 3.8) is 0 Å². The number of nitrogens with zero attached hydrogens (tertiary/aromatic N) is 6. The summed E-state index contributed by atoms with van der Waals surface area (Å²) in [6.45, 7) is 5.31. The highest BCUT2D eigenvalue weighted by atomic mass is 16.5. The molecule has 10 nitrogen and oxygen atoms in total. The largest absolute Gasteiger partial charge is 0.457 e. The van der Waals surface area contributed by atoms with Gasteiger partial charge < -0.3 is 19.9 Å². The third kappa shape index (κ3) is 4.96. The summed E-state index contributed by atoms with van der Waals surface area (Å²) in [5.41, 5.74) is 3.34. The standard InChI is InChI=1S/C27H29N7O3/c1-19-24-25(33-14-12-31(2)13-15-33)23(17-28-26(24)32(3)30-19)29-27(36)34(18-35)20-8-7-11-22(16-20)37-21-9-5-4-6-10-21/h4-11,16-18H,12-15H2,1-3H3,(H,29,36). The topological polar surface area (TPSA) is 95.8 Å². The quantitative estimate of drug-likeness (QED) is 0.401. The van der Waals surface area contributed by atoms with Crippen molar-refractivity contribution >= 4 is 40.5 Å². The lowest BCUT2D eigenvalue weighted by molar-refractivity contribution is -0.106. The van der Waals surface area contributed by atoms with Crippen molar-refractivity contribution in [2.75, 3.05) is 48.3 Å². The average molecular weight is 500 g/mol. The molecule has 1 fully saturated rings. The van der Waals surface area contributed by atoms with Crippen LogP contribution in [-0.4, -0.2) is 65.3 Å². The van der Waals surface area contributed by atoms with Crippen LogP contribution in [-0.2, 0) is 11.8 Å². The number of carbonyl (C=O) groups is 2. The summed E-state index contributed by atoms with van der Waals surface area (Å²) in [6, 6.07) is 15.6. The summed E-state index contributed by atoms with van der Waals surface area (Å²) in [4.78, 5) is 35.6. The van der Waals surface area contributed by atoms with Crippen molar-refractivity contribution in [3.8, 4) is 11.5 Å². The normalized spacial score (nSPS) is 14.0. The molecule has 37 heavy (non-hydrogen) atoms. The molecule has 1 aliphatic rings. The molecule has 2 aromatic carbocycles. The molecule has 0 unspecified atom stereocenters. The number of rotatable bonds is 6. The lowest BCUT2D eigenvalue weighted by Gasteiger charge is -2.35. The molecule has 4 aromatic rings. The Morgan fingerprint density at radius 3 is 2.49 bits per heavy atom. The van der Waals surface area contributed by atoms with Gasteiger partial charge in [0, 0.05) is 39.3 Å². The van der Waals surface area contributed by atoms with Crippen molar-refractivity contribution < 1.29 is 14.3 Å². The minimum Gasteiger partial charge on any atom is -0.457 e. The van der Waals surface area contributed by atoms with Gasteiger partial charge in [0.25, 0.3) is 0 Å².